The van der Waals surface area contributed by atoms with Crippen LogP contribution in [0, 0.1) is 24.2 Å². The second-order valence-electron chi connectivity index (χ2n) is 7.43. The van der Waals surface area contributed by atoms with Gasteiger partial charge in [-0.1, -0.05) is 19.9 Å². The van der Waals surface area contributed by atoms with Crippen molar-refractivity contribution in [3.63, 3.8) is 0 Å². The summed E-state index contributed by atoms with van der Waals surface area (Å²) in [6, 6.07) is 0. The molecule has 25 heavy (non-hydrogen) atoms. The van der Waals surface area contributed by atoms with Gasteiger partial charge in [0.2, 0.25) is 5.78 Å². The van der Waals surface area contributed by atoms with Crippen LogP contribution in [-0.4, -0.2) is 17.5 Å². The SMILES string of the molecule is C/C=C(/C)C(=O)O[C@@H]1c2c(C)coc2C(=O)[C@@H]2CCC(=O)[C@H](C)[C@@]12C. The summed E-state index contributed by atoms with van der Waals surface area (Å²) < 4.78 is 11.4. The van der Waals surface area contributed by atoms with Crippen molar-refractivity contribution < 1.29 is 23.5 Å². The van der Waals surface area contributed by atoms with Gasteiger partial charge in [0.05, 0.1) is 6.26 Å². The Labute approximate surface area is 147 Å². The maximum Gasteiger partial charge on any atom is 0.334 e. The van der Waals surface area contributed by atoms with E-state index in [9.17, 15) is 14.4 Å². The number of esters is 1. The molecule has 0 radical (unpaired) electrons. The quantitative estimate of drug-likeness (QED) is 0.600. The van der Waals surface area contributed by atoms with Crippen LogP contribution in [0.4, 0.5) is 0 Å². The van der Waals surface area contributed by atoms with Crippen molar-refractivity contribution in [1.29, 1.82) is 0 Å². The Morgan fingerprint density at radius 3 is 2.72 bits per heavy atom. The van der Waals surface area contributed by atoms with E-state index in [1.165, 1.54) is 6.26 Å². The number of carbonyl (C=O) groups is 3. The molecule has 5 heteroatoms. The molecule has 5 nitrogen and oxygen atoms in total. The summed E-state index contributed by atoms with van der Waals surface area (Å²) in [4.78, 5) is 37.9. The Kier molecular flexibility index (Phi) is 4.21. The van der Waals surface area contributed by atoms with E-state index in [0.29, 0.717) is 24.0 Å². The van der Waals surface area contributed by atoms with E-state index >= 15 is 0 Å². The predicted octanol–water partition coefficient (Wildman–Crippen LogP) is 3.96. The van der Waals surface area contributed by atoms with Crippen molar-refractivity contribution in [3.05, 3.63) is 34.8 Å². The summed E-state index contributed by atoms with van der Waals surface area (Å²) >= 11 is 0. The molecule has 0 aromatic carbocycles. The number of ketones is 2. The van der Waals surface area contributed by atoms with E-state index in [0.717, 1.165) is 5.56 Å². The maximum atomic E-state index is 13.0. The number of hydrogen-bond donors (Lipinski definition) is 0. The summed E-state index contributed by atoms with van der Waals surface area (Å²) in [5.41, 5.74) is 1.11. The van der Waals surface area contributed by atoms with Crippen molar-refractivity contribution >= 4 is 17.5 Å². The minimum absolute atomic E-state index is 0.0833. The third kappa shape index (κ3) is 2.40. The maximum absolute atomic E-state index is 13.0. The highest BCUT2D eigenvalue weighted by Crippen LogP contribution is 2.58. The molecule has 134 valence electrons. The highest BCUT2D eigenvalue weighted by molar-refractivity contribution is 6.01. The van der Waals surface area contributed by atoms with Gasteiger partial charge in [-0.25, -0.2) is 4.79 Å². The summed E-state index contributed by atoms with van der Waals surface area (Å²) in [5.74, 6) is -0.890. The molecule has 0 amide bonds. The molecule has 4 atom stereocenters. The minimum Gasteiger partial charge on any atom is -0.461 e. The fraction of sp³-hybridized carbons (Fsp3) is 0.550. The first-order chi connectivity index (χ1) is 11.7. The van der Waals surface area contributed by atoms with Crippen LogP contribution in [0.25, 0.3) is 0 Å². The third-order valence-electron chi connectivity index (χ3n) is 6.22. The Morgan fingerprint density at radius 2 is 2.08 bits per heavy atom. The van der Waals surface area contributed by atoms with Gasteiger partial charge in [0, 0.05) is 34.8 Å². The van der Waals surface area contributed by atoms with Gasteiger partial charge in [-0.2, -0.15) is 0 Å². The second kappa shape index (κ2) is 5.97. The minimum atomic E-state index is -0.766. The van der Waals surface area contributed by atoms with Crippen molar-refractivity contribution in [3.8, 4) is 0 Å². The first-order valence-corrected chi connectivity index (χ1v) is 8.72. The van der Waals surface area contributed by atoms with E-state index in [1.807, 2.05) is 20.8 Å². The molecule has 1 aromatic rings. The molecule has 1 fully saturated rings. The monoisotopic (exact) mass is 344 g/mol. The van der Waals surface area contributed by atoms with Crippen LogP contribution in [0.5, 0.6) is 0 Å². The zero-order valence-corrected chi connectivity index (χ0v) is 15.3. The molecule has 2 aliphatic rings. The molecule has 0 spiro atoms. The number of Topliss-reactive ketones (excluding diaryl/α,β-unsaturated/α-hetero) is 2. The summed E-state index contributed by atoms with van der Waals surface area (Å²) in [6.07, 6.45) is 3.38. The Balaban J connectivity index is 2.17. The first-order valence-electron chi connectivity index (χ1n) is 8.72. The number of ether oxygens (including phenoxy) is 1. The molecule has 0 bridgehead atoms. The van der Waals surface area contributed by atoms with Crippen molar-refractivity contribution in [2.24, 2.45) is 17.3 Å². The normalized spacial score (nSPS) is 32.2. The fourth-order valence-electron chi connectivity index (χ4n) is 4.23. The lowest BCUT2D eigenvalue weighted by Gasteiger charge is -2.50. The number of hydrogen-bond acceptors (Lipinski definition) is 5. The third-order valence-corrected chi connectivity index (χ3v) is 6.22. The van der Waals surface area contributed by atoms with Gasteiger partial charge in [-0.3, -0.25) is 9.59 Å². The van der Waals surface area contributed by atoms with Gasteiger partial charge in [0.1, 0.15) is 11.9 Å². The summed E-state index contributed by atoms with van der Waals surface area (Å²) in [6.45, 7) is 9.03. The van der Waals surface area contributed by atoms with Crippen molar-refractivity contribution in [2.75, 3.05) is 0 Å². The van der Waals surface area contributed by atoms with Gasteiger partial charge < -0.3 is 9.15 Å². The van der Waals surface area contributed by atoms with E-state index in [2.05, 4.69) is 0 Å². The van der Waals surface area contributed by atoms with Crippen LogP contribution in [0.3, 0.4) is 0 Å². The number of furan rings is 1. The summed E-state index contributed by atoms with van der Waals surface area (Å²) in [5, 5.41) is 0. The molecule has 0 N–H and O–H groups in total. The number of carbonyl (C=O) groups excluding carboxylic acids is 3. The Hall–Kier alpha value is -2.17. The average molecular weight is 344 g/mol. The number of allylic oxidation sites excluding steroid dienone is 1. The fourth-order valence-corrected chi connectivity index (χ4v) is 4.23. The van der Waals surface area contributed by atoms with Gasteiger partial charge in [-0.05, 0) is 32.8 Å². The van der Waals surface area contributed by atoms with Gasteiger partial charge in [-0.15, -0.1) is 0 Å². The molecule has 0 aliphatic heterocycles. The van der Waals surface area contributed by atoms with Crippen molar-refractivity contribution in [2.45, 2.75) is 53.6 Å². The predicted molar refractivity (Wildman–Crippen MR) is 91.0 cm³/mol. The smallest absolute Gasteiger partial charge is 0.334 e. The number of aryl methyl sites for hydroxylation is 1. The van der Waals surface area contributed by atoms with E-state index in [-0.39, 0.29) is 29.2 Å². The molecule has 3 rings (SSSR count). The van der Waals surface area contributed by atoms with Crippen LogP contribution in [-0.2, 0) is 14.3 Å². The van der Waals surface area contributed by atoms with E-state index < -0.39 is 17.5 Å². The molecule has 1 heterocycles. The van der Waals surface area contributed by atoms with Gasteiger partial charge >= 0.3 is 5.97 Å². The van der Waals surface area contributed by atoms with E-state index in [1.54, 1.807) is 19.9 Å². The Morgan fingerprint density at radius 1 is 1.40 bits per heavy atom. The van der Waals surface area contributed by atoms with Crippen LogP contribution in [0.15, 0.2) is 22.3 Å². The largest absolute Gasteiger partial charge is 0.461 e. The molecule has 1 saturated carbocycles. The number of rotatable bonds is 2. The zero-order chi connectivity index (χ0) is 18.5. The van der Waals surface area contributed by atoms with Crippen LogP contribution in [0.2, 0.25) is 0 Å². The molecule has 0 saturated heterocycles. The van der Waals surface area contributed by atoms with Gasteiger partial charge in [0.25, 0.3) is 0 Å². The molecule has 0 unspecified atom stereocenters. The lowest BCUT2D eigenvalue weighted by atomic mass is 9.53. The molecule has 2 aliphatic carbocycles. The Bertz CT molecular complexity index is 784. The molecular formula is C20H24O5. The standard InChI is InChI=1S/C20H24O5/c1-6-10(2)19(23)25-18-15-11(3)9-24-17(15)16(22)13-7-8-14(21)12(4)20(13,18)5/h6,9,12-13,18H,7-8H2,1-5H3/b10-6-/t12-,13-,18+,20+/m0/s1. The number of fused-ring (bicyclic) bond motifs is 2. The van der Waals surface area contributed by atoms with Crippen LogP contribution >= 0.6 is 0 Å². The van der Waals surface area contributed by atoms with Crippen molar-refractivity contribution in [1.82, 2.24) is 0 Å². The summed E-state index contributed by atoms with van der Waals surface area (Å²) in [7, 11) is 0. The average Bonchev–Trinajstić information content (AvgIpc) is 2.97. The van der Waals surface area contributed by atoms with Crippen LogP contribution < -0.4 is 0 Å². The molecular weight excluding hydrogens is 320 g/mol. The molecule has 1 aromatic heterocycles. The lowest BCUT2D eigenvalue weighted by molar-refractivity contribution is -0.165. The first kappa shape index (κ1) is 17.6. The highest BCUT2D eigenvalue weighted by Gasteiger charge is 2.60. The van der Waals surface area contributed by atoms with E-state index in [4.69, 9.17) is 9.15 Å². The zero-order valence-electron chi connectivity index (χ0n) is 15.3. The highest BCUT2D eigenvalue weighted by atomic mass is 16.5. The van der Waals surface area contributed by atoms with Crippen LogP contribution in [0.1, 0.15) is 68.3 Å². The van der Waals surface area contributed by atoms with Gasteiger partial charge in [0.15, 0.2) is 5.76 Å². The second-order valence-corrected chi connectivity index (χ2v) is 7.43. The lowest BCUT2D eigenvalue weighted by Crippen LogP contribution is -2.53. The topological polar surface area (TPSA) is 73.6 Å².